The summed E-state index contributed by atoms with van der Waals surface area (Å²) in [5, 5.41) is 10.1. The summed E-state index contributed by atoms with van der Waals surface area (Å²) in [5.74, 6) is 0.808. The molecule has 0 unspecified atom stereocenters. The number of nitrogens with zero attached hydrogens (tertiary/aromatic N) is 4. The Morgan fingerprint density at radius 3 is 2.58 bits per heavy atom. The van der Waals surface area contributed by atoms with Crippen molar-refractivity contribution in [2.45, 2.75) is 13.8 Å². The van der Waals surface area contributed by atoms with Crippen molar-refractivity contribution < 1.29 is 0 Å². The Bertz CT molecular complexity index is 1230. The third kappa shape index (κ3) is 2.32. The molecule has 0 aliphatic heterocycles. The van der Waals surface area contributed by atoms with Crippen molar-refractivity contribution in [3.63, 3.8) is 0 Å². The molecule has 26 heavy (non-hydrogen) atoms. The predicted octanol–water partition coefficient (Wildman–Crippen LogP) is 1.50. The fourth-order valence-electron chi connectivity index (χ4n) is 2.97. The van der Waals surface area contributed by atoms with Crippen LogP contribution >= 0.6 is 0 Å². The van der Waals surface area contributed by atoms with Gasteiger partial charge in [0.2, 0.25) is 0 Å². The van der Waals surface area contributed by atoms with Crippen LogP contribution in [0.2, 0.25) is 0 Å². The second-order valence-electron chi connectivity index (χ2n) is 6.01. The molecule has 9 heteroatoms. The Balaban J connectivity index is 1.86. The van der Waals surface area contributed by atoms with Crippen molar-refractivity contribution in [2.24, 2.45) is 7.05 Å². The summed E-state index contributed by atoms with van der Waals surface area (Å²) in [7, 11) is 1.80. The minimum Gasteiger partial charge on any atom is -0.334 e. The van der Waals surface area contributed by atoms with Gasteiger partial charge in [-0.2, -0.15) is 5.10 Å². The summed E-state index contributed by atoms with van der Waals surface area (Å²) < 4.78 is 3.31. The van der Waals surface area contributed by atoms with E-state index in [0.29, 0.717) is 23.0 Å². The summed E-state index contributed by atoms with van der Waals surface area (Å²) in [6.45, 7) is 3.51. The number of aryl methyl sites for hydroxylation is 1. The maximum absolute atomic E-state index is 13.0. The van der Waals surface area contributed by atoms with Crippen LogP contribution in [0.25, 0.3) is 16.7 Å². The smallest absolute Gasteiger partial charge is 0.295 e. The molecule has 0 amide bonds. The first-order chi connectivity index (χ1) is 12.5. The molecule has 0 saturated heterocycles. The zero-order valence-corrected chi connectivity index (χ0v) is 14.5. The van der Waals surface area contributed by atoms with Crippen molar-refractivity contribution in [3.8, 4) is 5.69 Å². The number of nitrogens with one attached hydrogen (secondary N) is 3. The largest absolute Gasteiger partial charge is 0.334 e. The van der Waals surface area contributed by atoms with Crippen LogP contribution in [0.1, 0.15) is 11.5 Å². The van der Waals surface area contributed by atoms with Crippen LogP contribution in [0, 0.1) is 13.8 Å². The number of fused-ring (bicyclic) bond motifs is 1. The van der Waals surface area contributed by atoms with Crippen LogP contribution in [0.5, 0.6) is 0 Å². The molecule has 9 nitrogen and oxygen atoms in total. The van der Waals surface area contributed by atoms with Gasteiger partial charge in [0.25, 0.3) is 11.1 Å². The second-order valence-corrected chi connectivity index (χ2v) is 6.01. The van der Waals surface area contributed by atoms with Crippen molar-refractivity contribution in [3.05, 3.63) is 62.6 Å². The fourth-order valence-corrected chi connectivity index (χ4v) is 2.97. The standard InChI is InChI=1S/C17H17N7O2/c1-9-13(17(26)24(23(9)3)11-7-5-4-6-8-11)20-15-12-14(21-22-15)18-10(2)19-16(12)25/h4-8H,1-3H3,(H3,18,19,20,21,22,25). The lowest BCUT2D eigenvalue weighted by Crippen LogP contribution is -2.20. The van der Waals surface area contributed by atoms with Crippen LogP contribution in [0.15, 0.2) is 39.9 Å². The SMILES string of the molecule is Cc1nc2n[nH]c(Nc3c(C)n(C)n(-c4ccccc4)c3=O)c2c(=O)[nH]1. The molecular weight excluding hydrogens is 334 g/mol. The number of para-hydroxylation sites is 1. The Kier molecular flexibility index (Phi) is 3.50. The van der Waals surface area contributed by atoms with Gasteiger partial charge in [-0.25, -0.2) is 9.67 Å². The van der Waals surface area contributed by atoms with E-state index in [2.05, 4.69) is 25.5 Å². The molecule has 0 radical (unpaired) electrons. The highest BCUT2D eigenvalue weighted by Crippen LogP contribution is 2.21. The molecular formula is C17H17N7O2. The molecule has 3 heterocycles. The topological polar surface area (TPSA) is 113 Å². The van der Waals surface area contributed by atoms with E-state index < -0.39 is 0 Å². The average molecular weight is 351 g/mol. The maximum atomic E-state index is 13.0. The minimum absolute atomic E-state index is 0.226. The molecule has 0 fully saturated rings. The van der Waals surface area contributed by atoms with Crippen LogP contribution in [0.3, 0.4) is 0 Å². The maximum Gasteiger partial charge on any atom is 0.295 e. The number of anilines is 2. The molecule has 0 atom stereocenters. The highest BCUT2D eigenvalue weighted by atomic mass is 16.1. The zero-order chi connectivity index (χ0) is 18.4. The molecule has 4 rings (SSSR count). The highest BCUT2D eigenvalue weighted by molar-refractivity contribution is 5.88. The lowest BCUT2D eigenvalue weighted by molar-refractivity contribution is 0.630. The molecule has 132 valence electrons. The average Bonchev–Trinajstić information content (AvgIpc) is 3.11. The first-order valence-corrected chi connectivity index (χ1v) is 8.03. The number of H-pyrrole nitrogens is 2. The van der Waals surface area contributed by atoms with Gasteiger partial charge < -0.3 is 10.3 Å². The summed E-state index contributed by atoms with van der Waals surface area (Å²) in [5.41, 5.74) is 1.59. The fraction of sp³-hybridized carbons (Fsp3) is 0.176. The third-order valence-electron chi connectivity index (χ3n) is 4.35. The minimum atomic E-state index is -0.319. The van der Waals surface area contributed by atoms with E-state index in [1.165, 1.54) is 0 Å². The summed E-state index contributed by atoms with van der Waals surface area (Å²) in [6, 6.07) is 9.34. The Morgan fingerprint density at radius 1 is 1.12 bits per heavy atom. The molecule has 3 N–H and O–H groups in total. The van der Waals surface area contributed by atoms with E-state index in [-0.39, 0.29) is 16.5 Å². The Morgan fingerprint density at radius 2 is 1.85 bits per heavy atom. The molecule has 0 spiro atoms. The number of hydrogen-bond acceptors (Lipinski definition) is 5. The summed E-state index contributed by atoms with van der Waals surface area (Å²) >= 11 is 0. The number of rotatable bonds is 3. The van der Waals surface area contributed by atoms with Gasteiger partial charge in [0.1, 0.15) is 22.7 Å². The molecule has 3 aromatic heterocycles. The van der Waals surface area contributed by atoms with Crippen LogP contribution in [0.4, 0.5) is 11.5 Å². The lowest BCUT2D eigenvalue weighted by Gasteiger charge is -2.07. The van der Waals surface area contributed by atoms with Gasteiger partial charge in [-0.3, -0.25) is 19.4 Å². The zero-order valence-electron chi connectivity index (χ0n) is 14.5. The van der Waals surface area contributed by atoms with Gasteiger partial charge in [-0.05, 0) is 26.0 Å². The van der Waals surface area contributed by atoms with Crippen molar-refractivity contribution in [2.75, 3.05) is 5.32 Å². The van der Waals surface area contributed by atoms with Gasteiger partial charge in [-0.1, -0.05) is 18.2 Å². The van der Waals surface area contributed by atoms with E-state index in [0.717, 1.165) is 11.4 Å². The normalized spacial score (nSPS) is 11.2. The van der Waals surface area contributed by atoms with E-state index >= 15 is 0 Å². The first-order valence-electron chi connectivity index (χ1n) is 8.03. The molecule has 1 aromatic carbocycles. The number of aromatic amines is 2. The molecule has 0 aliphatic carbocycles. The first kappa shape index (κ1) is 15.9. The van der Waals surface area contributed by atoms with Crippen molar-refractivity contribution >= 4 is 22.5 Å². The van der Waals surface area contributed by atoms with E-state index in [4.69, 9.17) is 0 Å². The lowest BCUT2D eigenvalue weighted by atomic mass is 10.3. The predicted molar refractivity (Wildman–Crippen MR) is 98.3 cm³/mol. The highest BCUT2D eigenvalue weighted by Gasteiger charge is 2.19. The summed E-state index contributed by atoms with van der Waals surface area (Å²) in [4.78, 5) is 32.0. The number of aromatic nitrogens is 6. The van der Waals surface area contributed by atoms with Crippen LogP contribution < -0.4 is 16.4 Å². The quantitative estimate of drug-likeness (QED) is 0.518. The van der Waals surface area contributed by atoms with Gasteiger partial charge in [0.05, 0.1) is 11.4 Å². The molecule has 0 bridgehead atoms. The molecule has 0 aliphatic rings. The van der Waals surface area contributed by atoms with Gasteiger partial charge in [-0.15, -0.1) is 0 Å². The molecule has 0 saturated carbocycles. The third-order valence-corrected chi connectivity index (χ3v) is 4.35. The van der Waals surface area contributed by atoms with E-state index in [9.17, 15) is 9.59 Å². The monoisotopic (exact) mass is 351 g/mol. The number of benzene rings is 1. The Hall–Kier alpha value is -3.62. The Labute approximate surface area is 147 Å². The van der Waals surface area contributed by atoms with Gasteiger partial charge in [0.15, 0.2) is 5.65 Å². The second kappa shape index (κ2) is 5.73. The number of hydrogen-bond donors (Lipinski definition) is 3. The van der Waals surface area contributed by atoms with Crippen LogP contribution in [-0.4, -0.2) is 29.5 Å². The van der Waals surface area contributed by atoms with Crippen LogP contribution in [-0.2, 0) is 7.05 Å². The summed E-state index contributed by atoms with van der Waals surface area (Å²) in [6.07, 6.45) is 0. The van der Waals surface area contributed by atoms with Crippen molar-refractivity contribution in [1.82, 2.24) is 29.5 Å². The van der Waals surface area contributed by atoms with Gasteiger partial charge in [0, 0.05) is 7.05 Å². The van der Waals surface area contributed by atoms with E-state index in [1.807, 2.05) is 37.3 Å². The van der Waals surface area contributed by atoms with Crippen molar-refractivity contribution in [1.29, 1.82) is 0 Å². The molecule has 4 aromatic rings. The van der Waals surface area contributed by atoms with E-state index in [1.54, 1.807) is 23.3 Å². The van der Waals surface area contributed by atoms with Gasteiger partial charge >= 0.3 is 0 Å².